The number of hydrogen-bond acceptors (Lipinski definition) is 11. The van der Waals surface area contributed by atoms with E-state index < -0.39 is 6.04 Å². The van der Waals surface area contributed by atoms with Crippen molar-refractivity contribution in [2.45, 2.75) is 137 Å². The summed E-state index contributed by atoms with van der Waals surface area (Å²) in [6.07, 6.45) is 8.68. The Balaban J connectivity index is 0.000000235. The van der Waals surface area contributed by atoms with Gasteiger partial charge in [-0.3, -0.25) is 24.0 Å². The summed E-state index contributed by atoms with van der Waals surface area (Å²) in [5.74, 6) is -0.296. The molecule has 89 heavy (non-hydrogen) atoms. The molecule has 7 aromatic rings. The van der Waals surface area contributed by atoms with Gasteiger partial charge in [-0.15, -0.1) is 0 Å². The van der Waals surface area contributed by atoms with Crippen LogP contribution < -0.4 is 9.47 Å². The fraction of sp³-hybridized carbons (Fsp3) is 0.414. The lowest BCUT2D eigenvalue weighted by molar-refractivity contribution is -0.120. The number of carbonyl (C=O) groups excluding carboxylic acids is 5. The first-order chi connectivity index (χ1) is 43.1. The summed E-state index contributed by atoms with van der Waals surface area (Å²) in [6.45, 7) is 14.6. The van der Waals surface area contributed by atoms with E-state index in [4.69, 9.17) is 37.8 Å². The molecule has 4 heterocycles. The van der Waals surface area contributed by atoms with Gasteiger partial charge < -0.3 is 39.3 Å². The van der Waals surface area contributed by atoms with Crippen LogP contribution in [0.2, 0.25) is 10.0 Å². The van der Waals surface area contributed by atoms with Crippen molar-refractivity contribution >= 4 is 52.6 Å². The number of ketones is 1. The lowest BCUT2D eigenvalue weighted by Crippen LogP contribution is -2.46. The maximum Gasteiger partial charge on any atom is 0.275 e. The highest BCUT2D eigenvalue weighted by Crippen LogP contribution is 2.34. The fourth-order valence-electron chi connectivity index (χ4n) is 11.3. The molecule has 0 unspecified atom stereocenters. The molecule has 19 heteroatoms. The smallest absolute Gasteiger partial charge is 0.275 e. The normalized spacial score (nSPS) is 14.3. The van der Waals surface area contributed by atoms with Gasteiger partial charge in [-0.25, -0.2) is 9.36 Å². The SMILES string of the molecule is CCCCN(CCCC)C(=O)c1nn(-c2ccc(OC)cc2C(=O)N2Cc3ccccc3C[C@H]2CO)c(C)c1Cl.CCCCN(CCCC)C(=O)c1nn(-c2ccc(OCC(=O)Cc3ccccc3)cc2C(=O)N2Cc3ccccc3C[C@H]2CO)c(C)c1Cl. The van der Waals surface area contributed by atoms with E-state index in [-0.39, 0.29) is 88.7 Å². The molecule has 0 saturated heterocycles. The molecule has 2 aromatic heterocycles. The van der Waals surface area contributed by atoms with Crippen LogP contribution in [-0.4, -0.2) is 144 Å². The van der Waals surface area contributed by atoms with Gasteiger partial charge in [-0.1, -0.05) is 155 Å². The first kappa shape index (κ1) is 67.1. The first-order valence-electron chi connectivity index (χ1n) is 31.2. The number of Topliss-reactive ketones (excluding diaryl/α,β-unsaturated/α-hetero) is 1. The van der Waals surface area contributed by atoms with Gasteiger partial charge in [0.25, 0.3) is 23.6 Å². The van der Waals surface area contributed by atoms with Gasteiger partial charge in [0, 0.05) is 45.7 Å². The summed E-state index contributed by atoms with van der Waals surface area (Å²) in [6, 6.07) is 34.7. The number of benzene rings is 5. The van der Waals surface area contributed by atoms with E-state index in [2.05, 4.69) is 32.8 Å². The van der Waals surface area contributed by atoms with Gasteiger partial charge in [0.2, 0.25) is 0 Å². The van der Waals surface area contributed by atoms with Crippen molar-refractivity contribution in [1.29, 1.82) is 0 Å². The van der Waals surface area contributed by atoms with Crippen molar-refractivity contribution in [1.82, 2.24) is 39.2 Å². The number of rotatable bonds is 26. The standard InChI is InChI=1S/C39H45ClN4O5.C31H39ClN4O4/c1-4-6-19-42(20-7-5-2)39(48)37-36(40)27(3)44(41-37)35-18-17-33(49-26-32(46)21-28-13-9-8-10-14-28)23-34(35)38(47)43-24-30-16-12-11-15-29(30)22-31(43)25-45;1-5-7-15-34(16-8-6-2)31(39)29-28(32)21(3)36(33-29)27-14-13-25(40-4)18-26(27)30(38)35-19-23-12-10-9-11-22(23)17-24(35)20-37/h8-18,23,31,45H,4-7,19-22,24-26H2,1-3H3;9-14,18,24,37H,5-8,15-17,19-20H2,1-4H3/t31-;24-/m00/s1. The Morgan fingerprint density at radius 3 is 1.35 bits per heavy atom. The monoisotopic (exact) mass is 1250 g/mol. The minimum absolute atomic E-state index is 0.107. The molecule has 9 rings (SSSR count). The maximum atomic E-state index is 14.5. The van der Waals surface area contributed by atoms with Crippen molar-refractivity contribution in [3.05, 3.63) is 187 Å². The Morgan fingerprint density at radius 1 is 0.551 bits per heavy atom. The van der Waals surface area contributed by atoms with Crippen LogP contribution in [0.15, 0.2) is 115 Å². The molecule has 2 aliphatic rings. The van der Waals surface area contributed by atoms with Gasteiger partial charge in [-0.05, 0) is 117 Å². The van der Waals surface area contributed by atoms with E-state index in [1.165, 1.54) is 4.68 Å². The fourth-order valence-corrected chi connectivity index (χ4v) is 11.7. The average molecular weight is 1250 g/mol. The highest BCUT2D eigenvalue weighted by molar-refractivity contribution is 6.34. The maximum absolute atomic E-state index is 14.5. The van der Waals surface area contributed by atoms with Crippen molar-refractivity contribution in [2.24, 2.45) is 0 Å². The van der Waals surface area contributed by atoms with Crippen LogP contribution >= 0.6 is 23.2 Å². The molecule has 2 aliphatic heterocycles. The summed E-state index contributed by atoms with van der Waals surface area (Å²) in [7, 11) is 1.55. The van der Waals surface area contributed by atoms with Crippen LogP contribution in [0.25, 0.3) is 11.4 Å². The van der Waals surface area contributed by atoms with Crippen molar-refractivity contribution < 1.29 is 43.7 Å². The summed E-state index contributed by atoms with van der Waals surface area (Å²) >= 11 is 13.5. The predicted octanol–water partition coefficient (Wildman–Crippen LogP) is 12.1. The number of methoxy groups -OCH3 is 1. The van der Waals surface area contributed by atoms with Crippen molar-refractivity contribution in [3.63, 3.8) is 0 Å². The Hall–Kier alpha value is -7.83. The third-order valence-corrected chi connectivity index (χ3v) is 17.5. The lowest BCUT2D eigenvalue weighted by atomic mass is 9.93. The van der Waals surface area contributed by atoms with Crippen LogP contribution in [0.3, 0.4) is 0 Å². The van der Waals surface area contributed by atoms with Crippen LogP contribution in [-0.2, 0) is 37.1 Å². The molecular formula is C70H84Cl2N8O9. The molecule has 4 amide bonds. The Labute approximate surface area is 533 Å². The summed E-state index contributed by atoms with van der Waals surface area (Å²) < 4.78 is 14.5. The van der Waals surface area contributed by atoms with Crippen LogP contribution in [0.1, 0.15) is 160 Å². The minimum Gasteiger partial charge on any atom is -0.497 e. The number of aliphatic hydroxyl groups excluding tert-OH is 2. The number of fused-ring (bicyclic) bond motifs is 2. The quantitative estimate of drug-likeness (QED) is 0.0524. The van der Waals surface area contributed by atoms with Gasteiger partial charge in [0.1, 0.15) is 18.1 Å². The number of hydrogen-bond donors (Lipinski definition) is 2. The third kappa shape index (κ3) is 16.0. The number of aromatic nitrogens is 4. The molecule has 0 radical (unpaired) electrons. The van der Waals surface area contributed by atoms with E-state index in [1.54, 1.807) is 76.7 Å². The number of aliphatic hydroxyl groups is 2. The van der Waals surface area contributed by atoms with Gasteiger partial charge >= 0.3 is 0 Å². The van der Waals surface area contributed by atoms with E-state index in [0.29, 0.717) is 91.9 Å². The van der Waals surface area contributed by atoms with Crippen LogP contribution in [0, 0.1) is 13.8 Å². The highest BCUT2D eigenvalue weighted by atomic mass is 35.5. The topological polar surface area (TPSA) is 193 Å². The highest BCUT2D eigenvalue weighted by Gasteiger charge is 2.35. The van der Waals surface area contributed by atoms with Gasteiger partial charge in [-0.2, -0.15) is 10.2 Å². The van der Waals surface area contributed by atoms with Crippen LogP contribution in [0.5, 0.6) is 11.5 Å². The van der Waals surface area contributed by atoms with E-state index in [1.807, 2.05) is 83.8 Å². The summed E-state index contributed by atoms with van der Waals surface area (Å²) in [4.78, 5) is 75.8. The molecule has 0 aliphatic carbocycles. The minimum atomic E-state index is -0.447. The zero-order valence-corrected chi connectivity index (χ0v) is 53.9. The first-order valence-corrected chi connectivity index (χ1v) is 31.9. The van der Waals surface area contributed by atoms with Gasteiger partial charge in [0.05, 0.1) is 76.3 Å². The van der Waals surface area contributed by atoms with Crippen molar-refractivity contribution in [3.8, 4) is 22.9 Å². The number of nitrogens with zero attached hydrogens (tertiary/aromatic N) is 8. The second kappa shape index (κ2) is 32.1. The second-order valence-electron chi connectivity index (χ2n) is 22.9. The Bertz CT molecular complexity index is 3570. The molecule has 0 fully saturated rings. The molecule has 0 bridgehead atoms. The number of unbranched alkanes of at least 4 members (excludes halogenated alkanes) is 4. The molecule has 0 saturated carbocycles. The zero-order chi connectivity index (χ0) is 63.7. The summed E-state index contributed by atoms with van der Waals surface area (Å²) in [5, 5.41) is 30.5. The number of ether oxygens (including phenoxy) is 2. The number of amides is 4. The Morgan fingerprint density at radius 2 is 0.944 bits per heavy atom. The predicted molar refractivity (Wildman–Crippen MR) is 347 cm³/mol. The molecule has 5 aromatic carbocycles. The van der Waals surface area contributed by atoms with Crippen molar-refractivity contribution in [2.75, 3.05) is 53.1 Å². The number of carbonyl (C=O) groups is 5. The van der Waals surface area contributed by atoms with E-state index in [0.717, 1.165) is 79.2 Å². The molecule has 472 valence electrons. The number of halogens is 2. The van der Waals surface area contributed by atoms with Crippen LogP contribution in [0.4, 0.5) is 0 Å². The molecule has 2 N–H and O–H groups in total. The largest absolute Gasteiger partial charge is 0.497 e. The molecule has 17 nitrogen and oxygen atoms in total. The molecular weight excluding hydrogens is 1170 g/mol. The second-order valence-corrected chi connectivity index (χ2v) is 23.6. The Kier molecular flexibility index (Phi) is 24.2. The van der Waals surface area contributed by atoms with E-state index in [9.17, 15) is 34.2 Å². The average Bonchev–Trinajstić information content (AvgIpc) is 2.25. The molecule has 2 atom stereocenters. The third-order valence-electron chi connectivity index (χ3n) is 16.6. The molecule has 0 spiro atoms. The van der Waals surface area contributed by atoms with Gasteiger partial charge in [0.15, 0.2) is 17.2 Å². The lowest BCUT2D eigenvalue weighted by Gasteiger charge is -2.36. The zero-order valence-electron chi connectivity index (χ0n) is 52.4. The summed E-state index contributed by atoms with van der Waals surface area (Å²) in [5.41, 5.74) is 8.08. The van der Waals surface area contributed by atoms with E-state index >= 15 is 0 Å².